The highest BCUT2D eigenvalue weighted by Crippen LogP contribution is 2.30. The maximum Gasteiger partial charge on any atom is 0.223 e. The highest BCUT2D eigenvalue weighted by atomic mass is 16.5. The van der Waals surface area contributed by atoms with Gasteiger partial charge in [0.15, 0.2) is 0 Å². The van der Waals surface area contributed by atoms with Crippen molar-refractivity contribution in [1.29, 1.82) is 0 Å². The van der Waals surface area contributed by atoms with Crippen molar-refractivity contribution in [1.82, 2.24) is 15.1 Å². The molecule has 1 fully saturated rings. The van der Waals surface area contributed by atoms with Gasteiger partial charge in [-0.1, -0.05) is 19.3 Å². The number of carbonyl (C=O) groups excluding carboxylic acids is 1. The number of nitrogens with zero attached hydrogens (tertiary/aromatic N) is 2. The lowest BCUT2D eigenvalue weighted by Crippen LogP contribution is -2.38. The van der Waals surface area contributed by atoms with Gasteiger partial charge in [0.2, 0.25) is 5.91 Å². The number of aromatic nitrogens is 2. The van der Waals surface area contributed by atoms with E-state index in [0.29, 0.717) is 19.7 Å². The molecule has 130 valence electrons. The minimum atomic E-state index is -0.810. The van der Waals surface area contributed by atoms with Crippen LogP contribution in [0.25, 0.3) is 0 Å². The number of nitrogens with one attached hydrogen (secondary N) is 1. The smallest absolute Gasteiger partial charge is 0.223 e. The quantitative estimate of drug-likeness (QED) is 0.803. The van der Waals surface area contributed by atoms with Gasteiger partial charge in [0.05, 0.1) is 30.9 Å². The molecule has 1 aromatic rings. The van der Waals surface area contributed by atoms with Gasteiger partial charge in [-0.3, -0.25) is 9.48 Å². The first-order chi connectivity index (χ1) is 10.9. The van der Waals surface area contributed by atoms with Crippen LogP contribution >= 0.6 is 0 Å². The second-order valence-corrected chi connectivity index (χ2v) is 6.60. The van der Waals surface area contributed by atoms with E-state index >= 15 is 0 Å². The molecular formula is C17H29N3O3. The van der Waals surface area contributed by atoms with Crippen LogP contribution in [0.3, 0.4) is 0 Å². The first-order valence-corrected chi connectivity index (χ1v) is 8.46. The summed E-state index contributed by atoms with van der Waals surface area (Å²) in [4.78, 5) is 12.2. The molecule has 0 radical (unpaired) electrons. The minimum absolute atomic E-state index is 0.0853. The molecule has 0 atom stereocenters. The number of rotatable bonds is 7. The van der Waals surface area contributed by atoms with Crippen LogP contribution in [0.4, 0.5) is 0 Å². The molecule has 1 heterocycles. The molecule has 1 aromatic heterocycles. The molecule has 0 spiro atoms. The van der Waals surface area contributed by atoms with E-state index in [-0.39, 0.29) is 12.3 Å². The van der Waals surface area contributed by atoms with Gasteiger partial charge in [-0.2, -0.15) is 5.10 Å². The van der Waals surface area contributed by atoms with E-state index in [1.165, 1.54) is 0 Å². The van der Waals surface area contributed by atoms with Crippen LogP contribution in [-0.4, -0.2) is 40.1 Å². The fourth-order valence-electron chi connectivity index (χ4n) is 3.32. The Morgan fingerprint density at radius 1 is 1.35 bits per heavy atom. The first kappa shape index (κ1) is 17.9. The number of ether oxygens (including phenoxy) is 1. The third-order valence-electron chi connectivity index (χ3n) is 4.77. The van der Waals surface area contributed by atoms with Crippen LogP contribution in [0.15, 0.2) is 0 Å². The molecule has 0 saturated heterocycles. The molecular weight excluding hydrogens is 294 g/mol. The normalized spacial score (nSPS) is 17.2. The number of aliphatic hydroxyl groups is 1. The molecule has 0 aliphatic heterocycles. The number of methoxy groups -OCH3 is 1. The lowest BCUT2D eigenvalue weighted by molar-refractivity contribution is -0.127. The maximum atomic E-state index is 12.2. The van der Waals surface area contributed by atoms with Crippen molar-refractivity contribution in [2.24, 2.45) is 0 Å². The summed E-state index contributed by atoms with van der Waals surface area (Å²) in [6, 6.07) is 0. The van der Waals surface area contributed by atoms with Crippen LogP contribution in [0.1, 0.15) is 55.5 Å². The molecule has 2 rings (SSSR count). The van der Waals surface area contributed by atoms with E-state index in [0.717, 1.165) is 49.1 Å². The van der Waals surface area contributed by atoms with Crippen LogP contribution < -0.4 is 5.32 Å². The number of hydrogen-bond acceptors (Lipinski definition) is 4. The molecule has 6 nitrogen and oxygen atoms in total. The van der Waals surface area contributed by atoms with Crippen LogP contribution in [-0.2, 0) is 22.6 Å². The van der Waals surface area contributed by atoms with Crippen LogP contribution in [0, 0.1) is 13.8 Å². The lowest BCUT2D eigenvalue weighted by atomic mass is 9.82. The summed E-state index contributed by atoms with van der Waals surface area (Å²) in [6.45, 7) is 5.73. The van der Waals surface area contributed by atoms with Crippen molar-refractivity contribution in [3.63, 3.8) is 0 Å². The first-order valence-electron chi connectivity index (χ1n) is 8.46. The van der Waals surface area contributed by atoms with Gasteiger partial charge in [0.1, 0.15) is 0 Å². The number of carbonyl (C=O) groups is 1. The molecule has 0 aromatic carbocycles. The zero-order chi connectivity index (χ0) is 16.9. The summed E-state index contributed by atoms with van der Waals surface area (Å²) in [5.41, 5.74) is 2.21. The number of aryl methyl sites for hydroxylation is 1. The van der Waals surface area contributed by atoms with Crippen molar-refractivity contribution in [2.75, 3.05) is 13.7 Å². The third-order valence-corrected chi connectivity index (χ3v) is 4.77. The second kappa shape index (κ2) is 7.93. The van der Waals surface area contributed by atoms with Crippen molar-refractivity contribution in [3.8, 4) is 0 Å². The predicted octanol–water partition coefficient (Wildman–Crippen LogP) is 1.85. The van der Waals surface area contributed by atoms with Crippen molar-refractivity contribution in [2.45, 2.75) is 71.1 Å². The van der Waals surface area contributed by atoms with Gasteiger partial charge >= 0.3 is 0 Å². The summed E-state index contributed by atoms with van der Waals surface area (Å²) in [7, 11) is 1.67. The molecule has 1 saturated carbocycles. The lowest BCUT2D eigenvalue weighted by Gasteiger charge is -2.31. The van der Waals surface area contributed by atoms with E-state index in [9.17, 15) is 9.90 Å². The minimum Gasteiger partial charge on any atom is -0.389 e. The van der Waals surface area contributed by atoms with Crippen molar-refractivity contribution >= 4 is 5.91 Å². The third kappa shape index (κ3) is 4.78. The fourth-order valence-corrected chi connectivity index (χ4v) is 3.32. The summed E-state index contributed by atoms with van der Waals surface area (Å²) >= 11 is 0. The Bertz CT molecular complexity index is 533. The maximum absolute atomic E-state index is 12.2. The highest BCUT2D eigenvalue weighted by Gasteiger charge is 2.31. The van der Waals surface area contributed by atoms with Gasteiger partial charge in [0, 0.05) is 24.9 Å². The van der Waals surface area contributed by atoms with E-state index in [2.05, 4.69) is 10.4 Å². The van der Waals surface area contributed by atoms with E-state index in [1.807, 2.05) is 18.5 Å². The average Bonchev–Trinajstić information content (AvgIpc) is 2.77. The molecule has 2 N–H and O–H groups in total. The van der Waals surface area contributed by atoms with Crippen molar-refractivity contribution < 1.29 is 14.6 Å². The van der Waals surface area contributed by atoms with Crippen molar-refractivity contribution in [3.05, 3.63) is 17.0 Å². The van der Waals surface area contributed by atoms with Crippen LogP contribution in [0.5, 0.6) is 0 Å². The standard InChI is InChI=1S/C17H29N3O3/c1-13-15(14(2)20(19-13)9-10-23-3)12-18-16(21)11-17(22)7-5-4-6-8-17/h22H,4-12H2,1-3H3,(H,18,21). The van der Waals surface area contributed by atoms with Gasteiger partial charge in [-0.15, -0.1) is 0 Å². The second-order valence-electron chi connectivity index (χ2n) is 6.60. The fraction of sp³-hybridized carbons (Fsp3) is 0.765. The molecule has 23 heavy (non-hydrogen) atoms. The average molecular weight is 323 g/mol. The molecule has 0 bridgehead atoms. The largest absolute Gasteiger partial charge is 0.389 e. The molecule has 1 amide bonds. The molecule has 0 unspecified atom stereocenters. The highest BCUT2D eigenvalue weighted by molar-refractivity contribution is 5.77. The Morgan fingerprint density at radius 2 is 2.04 bits per heavy atom. The molecule has 6 heteroatoms. The Balaban J connectivity index is 1.90. The summed E-state index contributed by atoms with van der Waals surface area (Å²) < 4.78 is 7.00. The number of hydrogen-bond donors (Lipinski definition) is 2. The van der Waals surface area contributed by atoms with Gasteiger partial charge in [-0.05, 0) is 26.7 Å². The summed E-state index contributed by atoms with van der Waals surface area (Å²) in [6.07, 6.45) is 4.83. The Hall–Kier alpha value is -1.40. The Labute approximate surface area is 138 Å². The predicted molar refractivity (Wildman–Crippen MR) is 88.1 cm³/mol. The summed E-state index contributed by atoms with van der Waals surface area (Å²) in [5.74, 6) is -0.0853. The zero-order valence-electron chi connectivity index (χ0n) is 14.5. The SMILES string of the molecule is COCCn1nc(C)c(CNC(=O)CC2(O)CCCCC2)c1C. The monoisotopic (exact) mass is 323 g/mol. The molecule has 1 aliphatic carbocycles. The molecule has 1 aliphatic rings. The number of amides is 1. The van der Waals surface area contributed by atoms with Gasteiger partial charge in [0.25, 0.3) is 0 Å². The zero-order valence-corrected chi connectivity index (χ0v) is 14.5. The topological polar surface area (TPSA) is 76.4 Å². The van der Waals surface area contributed by atoms with Crippen LogP contribution in [0.2, 0.25) is 0 Å². The van der Waals surface area contributed by atoms with Gasteiger partial charge in [-0.25, -0.2) is 0 Å². The Kier molecular flexibility index (Phi) is 6.18. The summed E-state index contributed by atoms with van der Waals surface area (Å²) in [5, 5.41) is 17.9. The van der Waals surface area contributed by atoms with E-state index in [1.54, 1.807) is 7.11 Å². The van der Waals surface area contributed by atoms with Gasteiger partial charge < -0.3 is 15.2 Å². The Morgan fingerprint density at radius 3 is 2.70 bits per heavy atom. The van der Waals surface area contributed by atoms with E-state index < -0.39 is 5.60 Å². The van der Waals surface area contributed by atoms with E-state index in [4.69, 9.17) is 4.74 Å².